The van der Waals surface area contributed by atoms with E-state index in [-0.39, 0.29) is 11.9 Å². The van der Waals surface area contributed by atoms with Gasteiger partial charge >= 0.3 is 0 Å². The lowest BCUT2D eigenvalue weighted by molar-refractivity contribution is -0.121. The average Bonchev–Trinajstić information content (AvgIpc) is 2.21. The van der Waals surface area contributed by atoms with Gasteiger partial charge < -0.3 is 16.0 Å². The van der Waals surface area contributed by atoms with Crippen LogP contribution in [0.5, 0.6) is 0 Å². The van der Waals surface area contributed by atoms with Gasteiger partial charge in [0, 0.05) is 19.0 Å². The van der Waals surface area contributed by atoms with E-state index in [9.17, 15) is 4.79 Å². The Kier molecular flexibility index (Phi) is 9.24. The van der Waals surface area contributed by atoms with Crippen LogP contribution in [0.4, 0.5) is 0 Å². The Morgan fingerprint density at radius 3 is 2.50 bits per heavy atom. The van der Waals surface area contributed by atoms with Crippen molar-refractivity contribution in [3.8, 4) is 0 Å². The molecule has 0 saturated heterocycles. The number of hydrogen-bond acceptors (Lipinski definition) is 3. The van der Waals surface area contributed by atoms with Crippen LogP contribution in [-0.4, -0.2) is 43.0 Å². The highest BCUT2D eigenvalue weighted by atomic mass is 16.1. The molecule has 0 atom stereocenters. The van der Waals surface area contributed by atoms with Gasteiger partial charge in [0.05, 0.1) is 0 Å². The number of hydrogen-bond donors (Lipinski definition) is 2. The third-order valence-electron chi connectivity index (χ3n) is 2.32. The van der Waals surface area contributed by atoms with E-state index in [2.05, 4.69) is 17.1 Å². The van der Waals surface area contributed by atoms with Crippen LogP contribution >= 0.6 is 0 Å². The quantitative estimate of drug-likeness (QED) is 0.619. The highest BCUT2D eigenvalue weighted by molar-refractivity contribution is 5.76. The third kappa shape index (κ3) is 8.68. The summed E-state index contributed by atoms with van der Waals surface area (Å²) in [5.41, 5.74) is 5.49. The SMILES string of the molecule is CCCN(CCCN)CCC(=O)NC(C)C. The van der Waals surface area contributed by atoms with Crippen molar-refractivity contribution in [2.75, 3.05) is 26.2 Å². The first-order valence-electron chi connectivity index (χ1n) is 6.32. The van der Waals surface area contributed by atoms with Crippen LogP contribution in [0.25, 0.3) is 0 Å². The Balaban J connectivity index is 3.77. The molecule has 16 heavy (non-hydrogen) atoms. The lowest BCUT2D eigenvalue weighted by Gasteiger charge is -2.21. The summed E-state index contributed by atoms with van der Waals surface area (Å²) in [6.07, 6.45) is 2.71. The molecule has 0 aliphatic heterocycles. The Labute approximate surface area is 99.6 Å². The first kappa shape index (κ1) is 15.4. The molecule has 0 aliphatic carbocycles. The van der Waals surface area contributed by atoms with Gasteiger partial charge in [0.15, 0.2) is 0 Å². The predicted octanol–water partition coefficient (Wildman–Crippen LogP) is 0.962. The summed E-state index contributed by atoms with van der Waals surface area (Å²) in [6, 6.07) is 0.233. The van der Waals surface area contributed by atoms with Gasteiger partial charge in [-0.05, 0) is 46.3 Å². The first-order chi connectivity index (χ1) is 7.60. The van der Waals surface area contributed by atoms with Crippen molar-refractivity contribution in [1.29, 1.82) is 0 Å². The van der Waals surface area contributed by atoms with Crippen LogP contribution in [0.2, 0.25) is 0 Å². The maximum Gasteiger partial charge on any atom is 0.221 e. The highest BCUT2D eigenvalue weighted by Gasteiger charge is 2.07. The molecule has 0 unspecified atom stereocenters. The zero-order chi connectivity index (χ0) is 12.4. The monoisotopic (exact) mass is 229 g/mol. The second-order valence-electron chi connectivity index (χ2n) is 4.46. The third-order valence-corrected chi connectivity index (χ3v) is 2.32. The predicted molar refractivity (Wildman–Crippen MR) is 68.3 cm³/mol. The fourth-order valence-electron chi connectivity index (χ4n) is 1.62. The standard InChI is InChI=1S/C12H27N3O/c1-4-8-15(9-5-7-13)10-6-12(16)14-11(2)3/h11H,4-10,13H2,1-3H3,(H,14,16). The van der Waals surface area contributed by atoms with Gasteiger partial charge in [0.25, 0.3) is 0 Å². The van der Waals surface area contributed by atoms with Crippen molar-refractivity contribution in [1.82, 2.24) is 10.2 Å². The van der Waals surface area contributed by atoms with Gasteiger partial charge in [-0.3, -0.25) is 4.79 Å². The van der Waals surface area contributed by atoms with Gasteiger partial charge in [-0.1, -0.05) is 6.92 Å². The summed E-state index contributed by atoms with van der Waals surface area (Å²) >= 11 is 0. The molecule has 0 bridgehead atoms. The van der Waals surface area contributed by atoms with Gasteiger partial charge in [0.2, 0.25) is 5.91 Å². The number of amides is 1. The Morgan fingerprint density at radius 1 is 1.31 bits per heavy atom. The normalized spacial score (nSPS) is 11.1. The molecular weight excluding hydrogens is 202 g/mol. The van der Waals surface area contributed by atoms with Crippen LogP contribution in [0.15, 0.2) is 0 Å². The van der Waals surface area contributed by atoms with Gasteiger partial charge in [-0.15, -0.1) is 0 Å². The maximum atomic E-state index is 11.5. The minimum Gasteiger partial charge on any atom is -0.354 e. The largest absolute Gasteiger partial charge is 0.354 e. The molecule has 0 aliphatic rings. The lowest BCUT2D eigenvalue weighted by Crippen LogP contribution is -2.35. The summed E-state index contributed by atoms with van der Waals surface area (Å²) in [7, 11) is 0. The molecule has 0 saturated carbocycles. The molecule has 4 nitrogen and oxygen atoms in total. The molecule has 0 rings (SSSR count). The summed E-state index contributed by atoms with van der Waals surface area (Å²) in [5, 5.41) is 2.91. The Morgan fingerprint density at radius 2 is 2.00 bits per heavy atom. The zero-order valence-electron chi connectivity index (χ0n) is 11.0. The van der Waals surface area contributed by atoms with Crippen molar-refractivity contribution in [2.45, 2.75) is 46.1 Å². The number of carbonyl (C=O) groups is 1. The van der Waals surface area contributed by atoms with Crippen LogP contribution in [0.3, 0.4) is 0 Å². The highest BCUT2D eigenvalue weighted by Crippen LogP contribution is 1.96. The second-order valence-corrected chi connectivity index (χ2v) is 4.46. The summed E-state index contributed by atoms with van der Waals surface area (Å²) < 4.78 is 0. The molecule has 0 spiro atoms. The van der Waals surface area contributed by atoms with Crippen molar-refractivity contribution in [3.05, 3.63) is 0 Å². The number of nitrogens with one attached hydrogen (secondary N) is 1. The van der Waals surface area contributed by atoms with E-state index in [1.807, 2.05) is 13.8 Å². The minimum atomic E-state index is 0.142. The fourth-order valence-corrected chi connectivity index (χ4v) is 1.62. The van der Waals surface area contributed by atoms with Gasteiger partial charge in [-0.25, -0.2) is 0 Å². The van der Waals surface area contributed by atoms with E-state index in [1.54, 1.807) is 0 Å². The summed E-state index contributed by atoms with van der Waals surface area (Å²) in [6.45, 7) is 9.73. The fraction of sp³-hybridized carbons (Fsp3) is 0.917. The van der Waals surface area contributed by atoms with Gasteiger partial charge in [-0.2, -0.15) is 0 Å². The van der Waals surface area contributed by atoms with E-state index in [0.29, 0.717) is 6.42 Å². The molecular formula is C12H27N3O. The van der Waals surface area contributed by atoms with Crippen LogP contribution in [0.1, 0.15) is 40.0 Å². The second kappa shape index (κ2) is 9.60. The summed E-state index contributed by atoms with van der Waals surface area (Å²) in [4.78, 5) is 13.8. The Hall–Kier alpha value is -0.610. The topological polar surface area (TPSA) is 58.4 Å². The number of rotatable bonds is 9. The lowest BCUT2D eigenvalue weighted by atomic mass is 10.3. The van der Waals surface area contributed by atoms with E-state index in [1.165, 1.54) is 0 Å². The summed E-state index contributed by atoms with van der Waals surface area (Å²) in [5.74, 6) is 0.142. The molecule has 0 aromatic carbocycles. The molecule has 3 N–H and O–H groups in total. The molecule has 96 valence electrons. The van der Waals surface area contributed by atoms with Crippen molar-refractivity contribution < 1.29 is 4.79 Å². The zero-order valence-corrected chi connectivity index (χ0v) is 11.0. The minimum absolute atomic E-state index is 0.142. The molecule has 0 aromatic rings. The number of carbonyl (C=O) groups excluding carboxylic acids is 1. The van der Waals surface area contributed by atoms with Crippen molar-refractivity contribution in [3.63, 3.8) is 0 Å². The van der Waals surface area contributed by atoms with Crippen molar-refractivity contribution >= 4 is 5.91 Å². The molecule has 0 aromatic heterocycles. The van der Waals surface area contributed by atoms with Gasteiger partial charge in [0.1, 0.15) is 0 Å². The molecule has 1 amide bonds. The van der Waals surface area contributed by atoms with Crippen LogP contribution in [-0.2, 0) is 4.79 Å². The van der Waals surface area contributed by atoms with Crippen molar-refractivity contribution in [2.24, 2.45) is 5.73 Å². The maximum absolute atomic E-state index is 11.5. The molecule has 0 radical (unpaired) electrons. The van der Waals surface area contributed by atoms with Crippen LogP contribution < -0.4 is 11.1 Å². The molecule has 0 heterocycles. The molecule has 0 fully saturated rings. The van der Waals surface area contributed by atoms with Crippen LogP contribution in [0, 0.1) is 0 Å². The molecule has 4 heteroatoms. The Bertz CT molecular complexity index is 183. The van der Waals surface area contributed by atoms with E-state index in [4.69, 9.17) is 5.73 Å². The first-order valence-corrected chi connectivity index (χ1v) is 6.32. The van der Waals surface area contributed by atoms with E-state index in [0.717, 1.165) is 39.0 Å². The average molecular weight is 229 g/mol. The smallest absolute Gasteiger partial charge is 0.221 e. The van der Waals surface area contributed by atoms with E-state index < -0.39 is 0 Å². The van der Waals surface area contributed by atoms with E-state index >= 15 is 0 Å². The number of nitrogens with zero attached hydrogens (tertiary/aromatic N) is 1. The number of nitrogens with two attached hydrogens (primary N) is 1.